The summed E-state index contributed by atoms with van der Waals surface area (Å²) in [5.41, 5.74) is 1.19. The summed E-state index contributed by atoms with van der Waals surface area (Å²) in [4.78, 5) is 14.0. The number of amides is 1. The van der Waals surface area contributed by atoms with Gasteiger partial charge in [-0.25, -0.2) is 0 Å². The second kappa shape index (κ2) is 5.81. The van der Waals surface area contributed by atoms with Crippen molar-refractivity contribution in [3.05, 3.63) is 78.4 Å². The van der Waals surface area contributed by atoms with Gasteiger partial charge in [-0.2, -0.15) is 8.42 Å². The van der Waals surface area contributed by atoms with Crippen LogP contribution in [0.25, 0.3) is 21.5 Å². The third kappa shape index (κ3) is 2.38. The van der Waals surface area contributed by atoms with Crippen LogP contribution in [0, 0.1) is 0 Å². The van der Waals surface area contributed by atoms with Gasteiger partial charge in [-0.05, 0) is 41.1 Å². The fourth-order valence-corrected chi connectivity index (χ4v) is 4.84. The Bertz CT molecular complexity index is 1390. The molecule has 0 radical (unpaired) electrons. The standard InChI is InChI=1S/C22H15NO4S/c1-23-19-11-12-20(17-7-4-8-18(21(17)19)22(23)24)28(25,26)27-16-10-9-14-5-2-3-6-15(14)13-16/h2-13H,1H3. The van der Waals surface area contributed by atoms with Crippen LogP contribution in [0.15, 0.2) is 77.7 Å². The summed E-state index contributed by atoms with van der Waals surface area (Å²) in [7, 11) is -2.40. The monoisotopic (exact) mass is 389 g/mol. The quantitative estimate of drug-likeness (QED) is 0.489. The number of fused-ring (bicyclic) bond motifs is 1. The fourth-order valence-electron chi connectivity index (χ4n) is 3.72. The lowest BCUT2D eigenvalue weighted by atomic mass is 10.1. The number of hydrogen-bond acceptors (Lipinski definition) is 4. The van der Waals surface area contributed by atoms with Gasteiger partial charge in [0, 0.05) is 23.4 Å². The summed E-state index contributed by atoms with van der Waals surface area (Å²) >= 11 is 0. The van der Waals surface area contributed by atoms with Crippen LogP contribution in [-0.4, -0.2) is 21.4 Å². The molecule has 0 aromatic heterocycles. The molecule has 1 amide bonds. The Kier molecular flexibility index (Phi) is 3.48. The summed E-state index contributed by atoms with van der Waals surface area (Å²) in [6.45, 7) is 0. The molecule has 5 nitrogen and oxygen atoms in total. The van der Waals surface area contributed by atoms with Crippen LogP contribution in [0.5, 0.6) is 5.75 Å². The van der Waals surface area contributed by atoms with Crippen molar-refractivity contribution in [1.82, 2.24) is 0 Å². The van der Waals surface area contributed by atoms with Crippen molar-refractivity contribution < 1.29 is 17.4 Å². The van der Waals surface area contributed by atoms with E-state index in [1.165, 1.54) is 11.0 Å². The zero-order valence-electron chi connectivity index (χ0n) is 14.9. The number of benzene rings is 4. The molecule has 5 rings (SSSR count). The van der Waals surface area contributed by atoms with Gasteiger partial charge in [-0.15, -0.1) is 0 Å². The Hall–Kier alpha value is -3.38. The molecule has 0 atom stereocenters. The highest BCUT2D eigenvalue weighted by molar-refractivity contribution is 7.87. The summed E-state index contributed by atoms with van der Waals surface area (Å²) < 4.78 is 31.5. The topological polar surface area (TPSA) is 63.7 Å². The molecule has 1 aliphatic rings. The van der Waals surface area contributed by atoms with E-state index >= 15 is 0 Å². The molecule has 1 aliphatic heterocycles. The molecule has 28 heavy (non-hydrogen) atoms. The van der Waals surface area contributed by atoms with Crippen molar-refractivity contribution in [2.45, 2.75) is 4.90 Å². The second-order valence-electron chi connectivity index (χ2n) is 6.72. The Morgan fingerprint density at radius 1 is 0.857 bits per heavy atom. The van der Waals surface area contributed by atoms with Gasteiger partial charge in [-0.3, -0.25) is 4.79 Å². The average molecular weight is 389 g/mol. The summed E-state index contributed by atoms with van der Waals surface area (Å²) in [6, 6.07) is 21.0. The number of nitrogens with zero attached hydrogens (tertiary/aromatic N) is 1. The predicted molar refractivity (Wildman–Crippen MR) is 108 cm³/mol. The third-order valence-electron chi connectivity index (χ3n) is 5.07. The first-order chi connectivity index (χ1) is 13.5. The van der Waals surface area contributed by atoms with Gasteiger partial charge in [0.15, 0.2) is 0 Å². The summed E-state index contributed by atoms with van der Waals surface area (Å²) in [5.74, 6) is 0.0979. The van der Waals surface area contributed by atoms with E-state index in [0.717, 1.165) is 10.8 Å². The van der Waals surface area contributed by atoms with E-state index in [4.69, 9.17) is 4.18 Å². The van der Waals surface area contributed by atoms with E-state index in [9.17, 15) is 13.2 Å². The van der Waals surface area contributed by atoms with Crippen LogP contribution in [-0.2, 0) is 10.1 Å². The zero-order valence-corrected chi connectivity index (χ0v) is 15.7. The molecule has 138 valence electrons. The molecule has 6 heteroatoms. The maximum absolute atomic E-state index is 13.0. The van der Waals surface area contributed by atoms with E-state index < -0.39 is 10.1 Å². The van der Waals surface area contributed by atoms with Crippen LogP contribution < -0.4 is 9.08 Å². The molecular formula is C22H15NO4S. The molecule has 0 saturated carbocycles. The maximum Gasteiger partial charge on any atom is 0.339 e. The smallest absolute Gasteiger partial charge is 0.339 e. The van der Waals surface area contributed by atoms with Crippen molar-refractivity contribution in [2.24, 2.45) is 0 Å². The SMILES string of the molecule is CN1C(=O)c2cccc3c(S(=O)(=O)Oc4ccc5ccccc5c4)ccc1c23. The highest BCUT2D eigenvalue weighted by Crippen LogP contribution is 2.39. The van der Waals surface area contributed by atoms with Gasteiger partial charge in [-0.1, -0.05) is 42.5 Å². The fraction of sp³-hybridized carbons (Fsp3) is 0.0455. The first kappa shape index (κ1) is 16.8. The van der Waals surface area contributed by atoms with Crippen LogP contribution in [0.3, 0.4) is 0 Å². The van der Waals surface area contributed by atoms with Crippen LogP contribution in [0.2, 0.25) is 0 Å². The van der Waals surface area contributed by atoms with Gasteiger partial charge in [0.1, 0.15) is 10.6 Å². The van der Waals surface area contributed by atoms with Gasteiger partial charge in [0.2, 0.25) is 0 Å². The third-order valence-corrected chi connectivity index (χ3v) is 6.38. The Balaban J connectivity index is 1.64. The van der Waals surface area contributed by atoms with E-state index in [1.807, 2.05) is 30.3 Å². The molecular weight excluding hydrogens is 374 g/mol. The van der Waals surface area contributed by atoms with Crippen LogP contribution >= 0.6 is 0 Å². The molecule has 4 aromatic rings. The number of carbonyl (C=O) groups is 1. The zero-order chi connectivity index (χ0) is 19.5. The Morgan fingerprint density at radius 2 is 1.64 bits per heavy atom. The average Bonchev–Trinajstić information content (AvgIpc) is 2.94. The minimum atomic E-state index is -4.08. The summed E-state index contributed by atoms with van der Waals surface area (Å²) in [6.07, 6.45) is 0. The van der Waals surface area contributed by atoms with E-state index in [-0.39, 0.29) is 16.6 Å². The van der Waals surface area contributed by atoms with Gasteiger partial charge in [0.05, 0.1) is 5.69 Å². The maximum atomic E-state index is 13.0. The van der Waals surface area contributed by atoms with Crippen LogP contribution in [0.4, 0.5) is 5.69 Å². The molecule has 4 aromatic carbocycles. The predicted octanol–water partition coefficient (Wildman–Crippen LogP) is 4.35. The lowest BCUT2D eigenvalue weighted by Crippen LogP contribution is -2.20. The largest absolute Gasteiger partial charge is 0.379 e. The second-order valence-corrected chi connectivity index (χ2v) is 8.24. The summed E-state index contributed by atoms with van der Waals surface area (Å²) in [5, 5.41) is 3.01. The first-order valence-corrected chi connectivity index (χ1v) is 10.1. The highest BCUT2D eigenvalue weighted by Gasteiger charge is 2.30. The lowest BCUT2D eigenvalue weighted by Gasteiger charge is -2.13. The number of anilines is 1. The van der Waals surface area contributed by atoms with Gasteiger partial charge >= 0.3 is 10.1 Å². The molecule has 0 aliphatic carbocycles. The molecule has 0 bridgehead atoms. The molecule has 0 spiro atoms. The van der Waals surface area contributed by atoms with Crippen molar-refractivity contribution in [3.63, 3.8) is 0 Å². The van der Waals surface area contributed by atoms with Crippen molar-refractivity contribution >= 4 is 43.3 Å². The number of rotatable bonds is 3. The lowest BCUT2D eigenvalue weighted by molar-refractivity contribution is 0.0999. The highest BCUT2D eigenvalue weighted by atomic mass is 32.2. The Labute approximate surface area is 161 Å². The minimum Gasteiger partial charge on any atom is -0.379 e. The molecule has 0 saturated heterocycles. The number of carbonyl (C=O) groups excluding carboxylic acids is 1. The minimum absolute atomic E-state index is 0.0457. The first-order valence-electron chi connectivity index (χ1n) is 8.73. The Morgan fingerprint density at radius 3 is 2.46 bits per heavy atom. The van der Waals surface area contributed by atoms with Crippen molar-refractivity contribution in [2.75, 3.05) is 11.9 Å². The molecule has 1 heterocycles. The van der Waals surface area contributed by atoms with Gasteiger partial charge < -0.3 is 9.08 Å². The van der Waals surface area contributed by atoms with E-state index in [0.29, 0.717) is 22.0 Å². The number of hydrogen-bond donors (Lipinski definition) is 0. The molecule has 0 unspecified atom stereocenters. The van der Waals surface area contributed by atoms with E-state index in [2.05, 4.69) is 0 Å². The molecule has 0 fully saturated rings. The normalized spacial score (nSPS) is 13.5. The van der Waals surface area contributed by atoms with Crippen molar-refractivity contribution in [3.8, 4) is 5.75 Å². The van der Waals surface area contributed by atoms with Crippen LogP contribution in [0.1, 0.15) is 10.4 Å². The molecule has 0 N–H and O–H groups in total. The van der Waals surface area contributed by atoms with Crippen molar-refractivity contribution in [1.29, 1.82) is 0 Å². The van der Waals surface area contributed by atoms with E-state index in [1.54, 1.807) is 43.4 Å². The van der Waals surface area contributed by atoms with Gasteiger partial charge in [0.25, 0.3) is 5.91 Å².